The number of ether oxygens (including phenoxy) is 2. The maximum absolute atomic E-state index is 6.10. The van der Waals surface area contributed by atoms with Crippen molar-refractivity contribution >= 4 is 28.3 Å². The van der Waals surface area contributed by atoms with E-state index in [4.69, 9.17) is 31.0 Å². The second-order valence-corrected chi connectivity index (χ2v) is 9.24. The van der Waals surface area contributed by atoms with Gasteiger partial charge in [-0.05, 0) is 48.7 Å². The van der Waals surface area contributed by atoms with E-state index in [1.165, 1.54) is 5.56 Å². The predicted octanol–water partition coefficient (Wildman–Crippen LogP) is 6.04. The van der Waals surface area contributed by atoms with Gasteiger partial charge in [0.05, 0.1) is 19.7 Å². The standard InChI is InChI=1S/C28H29ClN4O2/c1-34-25-16-23-24(17-26(25)35-2)31-27(20-8-10-21(29)11-9-20)32-28(23)30-22-12-14-33(15-13-22)18-19-6-4-3-5-7-19/h3-11,16-17,22H,12-15,18H2,1-2H3,(H,30,31,32). The Morgan fingerprint density at radius 3 is 2.29 bits per heavy atom. The van der Waals surface area contributed by atoms with Gasteiger partial charge >= 0.3 is 0 Å². The molecule has 1 aliphatic rings. The molecule has 0 aliphatic carbocycles. The van der Waals surface area contributed by atoms with E-state index in [1.54, 1.807) is 14.2 Å². The summed E-state index contributed by atoms with van der Waals surface area (Å²) in [5.74, 6) is 2.75. The van der Waals surface area contributed by atoms with Crippen molar-refractivity contribution in [3.63, 3.8) is 0 Å². The number of rotatable bonds is 7. The molecule has 0 amide bonds. The number of hydrogen-bond donors (Lipinski definition) is 1. The third-order valence-electron chi connectivity index (χ3n) is 6.48. The van der Waals surface area contributed by atoms with Crippen molar-refractivity contribution < 1.29 is 9.47 Å². The van der Waals surface area contributed by atoms with Crippen molar-refractivity contribution in [3.05, 3.63) is 77.3 Å². The Labute approximate surface area is 210 Å². The molecule has 1 N–H and O–H groups in total. The molecule has 180 valence electrons. The van der Waals surface area contributed by atoms with Crippen LogP contribution in [0.4, 0.5) is 5.82 Å². The Bertz CT molecular complexity index is 1290. The molecule has 0 bridgehead atoms. The highest BCUT2D eigenvalue weighted by Gasteiger charge is 2.22. The molecule has 0 spiro atoms. The topological polar surface area (TPSA) is 59.5 Å². The number of halogens is 1. The maximum atomic E-state index is 6.10. The van der Waals surface area contributed by atoms with E-state index in [0.717, 1.165) is 54.8 Å². The van der Waals surface area contributed by atoms with Crippen LogP contribution in [0.15, 0.2) is 66.7 Å². The maximum Gasteiger partial charge on any atom is 0.162 e. The number of benzene rings is 3. The lowest BCUT2D eigenvalue weighted by Gasteiger charge is -2.33. The molecule has 3 aromatic carbocycles. The van der Waals surface area contributed by atoms with Crippen molar-refractivity contribution in [2.45, 2.75) is 25.4 Å². The molecule has 4 aromatic rings. The first-order valence-electron chi connectivity index (χ1n) is 11.9. The van der Waals surface area contributed by atoms with E-state index in [1.807, 2.05) is 36.4 Å². The van der Waals surface area contributed by atoms with Crippen LogP contribution >= 0.6 is 11.6 Å². The first-order valence-corrected chi connectivity index (χ1v) is 12.2. The molecule has 0 atom stereocenters. The second-order valence-electron chi connectivity index (χ2n) is 8.81. The van der Waals surface area contributed by atoms with E-state index in [0.29, 0.717) is 28.4 Å². The van der Waals surface area contributed by atoms with Crippen LogP contribution in [0.3, 0.4) is 0 Å². The van der Waals surface area contributed by atoms with Crippen LogP contribution in [0, 0.1) is 0 Å². The predicted molar refractivity (Wildman–Crippen MR) is 141 cm³/mol. The largest absolute Gasteiger partial charge is 0.493 e. The summed E-state index contributed by atoms with van der Waals surface area (Å²) < 4.78 is 11.1. The number of anilines is 1. The zero-order valence-electron chi connectivity index (χ0n) is 20.0. The monoisotopic (exact) mass is 488 g/mol. The molecule has 1 saturated heterocycles. The first-order chi connectivity index (χ1) is 17.1. The van der Waals surface area contributed by atoms with Crippen LogP contribution in [-0.2, 0) is 6.54 Å². The Balaban J connectivity index is 1.42. The number of likely N-dealkylation sites (tertiary alicyclic amines) is 1. The average Bonchev–Trinajstić information content (AvgIpc) is 2.90. The molecule has 0 unspecified atom stereocenters. The van der Waals surface area contributed by atoms with E-state index < -0.39 is 0 Å². The molecule has 0 radical (unpaired) electrons. The van der Waals surface area contributed by atoms with Crippen LogP contribution in [0.25, 0.3) is 22.3 Å². The van der Waals surface area contributed by atoms with E-state index in [-0.39, 0.29) is 0 Å². The molecule has 1 fully saturated rings. The third kappa shape index (κ3) is 5.34. The van der Waals surface area contributed by atoms with Gasteiger partial charge in [0, 0.05) is 47.7 Å². The molecular formula is C28H29ClN4O2. The molecule has 7 heteroatoms. The highest BCUT2D eigenvalue weighted by Crippen LogP contribution is 2.36. The Hall–Kier alpha value is -3.35. The zero-order chi connectivity index (χ0) is 24.2. The fourth-order valence-corrected chi connectivity index (χ4v) is 4.69. The number of methoxy groups -OCH3 is 2. The molecular weight excluding hydrogens is 460 g/mol. The summed E-state index contributed by atoms with van der Waals surface area (Å²) in [5, 5.41) is 5.31. The molecule has 5 rings (SSSR count). The average molecular weight is 489 g/mol. The van der Waals surface area contributed by atoms with Crippen LogP contribution in [0.2, 0.25) is 5.02 Å². The molecule has 6 nitrogen and oxygen atoms in total. The fraction of sp³-hybridized carbons (Fsp3) is 0.286. The summed E-state index contributed by atoms with van der Waals surface area (Å²) in [4.78, 5) is 12.3. The Kier molecular flexibility index (Phi) is 7.02. The smallest absolute Gasteiger partial charge is 0.162 e. The number of hydrogen-bond acceptors (Lipinski definition) is 6. The molecule has 2 heterocycles. The number of nitrogens with one attached hydrogen (secondary N) is 1. The molecule has 1 aliphatic heterocycles. The van der Waals surface area contributed by atoms with Gasteiger partial charge in [0.25, 0.3) is 0 Å². The van der Waals surface area contributed by atoms with Gasteiger partial charge in [0.1, 0.15) is 5.82 Å². The molecule has 0 saturated carbocycles. The van der Waals surface area contributed by atoms with E-state index in [9.17, 15) is 0 Å². The third-order valence-corrected chi connectivity index (χ3v) is 6.73. The van der Waals surface area contributed by atoms with Gasteiger partial charge in [0.15, 0.2) is 17.3 Å². The summed E-state index contributed by atoms with van der Waals surface area (Å²) in [7, 11) is 3.27. The lowest BCUT2D eigenvalue weighted by Crippen LogP contribution is -2.38. The van der Waals surface area contributed by atoms with Crippen molar-refractivity contribution in [1.29, 1.82) is 0 Å². The normalized spacial score (nSPS) is 14.7. The van der Waals surface area contributed by atoms with Gasteiger partial charge in [-0.25, -0.2) is 9.97 Å². The van der Waals surface area contributed by atoms with Crippen LogP contribution in [0.1, 0.15) is 18.4 Å². The summed E-state index contributed by atoms with van der Waals surface area (Å²) in [6.07, 6.45) is 2.09. The number of fused-ring (bicyclic) bond motifs is 1. The van der Waals surface area contributed by atoms with Gasteiger partial charge in [-0.2, -0.15) is 0 Å². The molecule has 1 aromatic heterocycles. The first kappa shape index (κ1) is 23.4. The van der Waals surface area contributed by atoms with E-state index >= 15 is 0 Å². The van der Waals surface area contributed by atoms with Crippen molar-refractivity contribution in [3.8, 4) is 22.9 Å². The Morgan fingerprint density at radius 1 is 0.914 bits per heavy atom. The van der Waals surface area contributed by atoms with Crippen LogP contribution < -0.4 is 14.8 Å². The summed E-state index contributed by atoms with van der Waals surface area (Å²) in [6, 6.07) is 22.4. The lowest BCUT2D eigenvalue weighted by molar-refractivity contribution is 0.211. The number of nitrogens with zero attached hydrogens (tertiary/aromatic N) is 3. The Morgan fingerprint density at radius 2 is 1.60 bits per heavy atom. The highest BCUT2D eigenvalue weighted by atomic mass is 35.5. The van der Waals surface area contributed by atoms with Gasteiger partial charge in [-0.15, -0.1) is 0 Å². The van der Waals surface area contributed by atoms with Crippen LogP contribution in [-0.4, -0.2) is 48.2 Å². The minimum atomic E-state index is 0.325. The van der Waals surface area contributed by atoms with Gasteiger partial charge in [-0.1, -0.05) is 41.9 Å². The minimum absolute atomic E-state index is 0.325. The zero-order valence-corrected chi connectivity index (χ0v) is 20.8. The summed E-state index contributed by atoms with van der Waals surface area (Å²) in [6.45, 7) is 3.06. The lowest BCUT2D eigenvalue weighted by atomic mass is 10.0. The minimum Gasteiger partial charge on any atom is -0.493 e. The summed E-state index contributed by atoms with van der Waals surface area (Å²) in [5.41, 5.74) is 3.06. The summed E-state index contributed by atoms with van der Waals surface area (Å²) >= 11 is 6.10. The number of aromatic nitrogens is 2. The van der Waals surface area contributed by atoms with Crippen molar-refractivity contribution in [1.82, 2.24) is 14.9 Å². The van der Waals surface area contributed by atoms with E-state index in [2.05, 4.69) is 40.5 Å². The highest BCUT2D eigenvalue weighted by molar-refractivity contribution is 6.30. The van der Waals surface area contributed by atoms with Gasteiger partial charge in [0.2, 0.25) is 0 Å². The SMILES string of the molecule is COc1cc2nc(-c3ccc(Cl)cc3)nc(NC3CCN(Cc4ccccc4)CC3)c2cc1OC. The van der Waals surface area contributed by atoms with Crippen molar-refractivity contribution in [2.24, 2.45) is 0 Å². The van der Waals surface area contributed by atoms with Crippen molar-refractivity contribution in [2.75, 3.05) is 32.6 Å². The molecule has 35 heavy (non-hydrogen) atoms. The van der Waals surface area contributed by atoms with Gasteiger partial charge < -0.3 is 14.8 Å². The number of piperidine rings is 1. The quantitative estimate of drug-likeness (QED) is 0.342. The van der Waals surface area contributed by atoms with Gasteiger partial charge in [-0.3, -0.25) is 4.90 Å². The van der Waals surface area contributed by atoms with Crippen LogP contribution in [0.5, 0.6) is 11.5 Å². The fourth-order valence-electron chi connectivity index (χ4n) is 4.56. The second kappa shape index (κ2) is 10.5.